The summed E-state index contributed by atoms with van der Waals surface area (Å²) in [7, 11) is -3.78. The van der Waals surface area contributed by atoms with Crippen molar-refractivity contribution >= 4 is 33.8 Å². The molecule has 1 heterocycles. The predicted molar refractivity (Wildman–Crippen MR) is 109 cm³/mol. The Morgan fingerprint density at radius 3 is 2.71 bits per heavy atom. The fourth-order valence-electron chi connectivity index (χ4n) is 2.48. The predicted octanol–water partition coefficient (Wildman–Crippen LogP) is 2.70. The Balaban J connectivity index is 1.83. The maximum Gasteiger partial charge on any atom is 0.255 e. The van der Waals surface area contributed by atoms with Crippen LogP contribution in [-0.4, -0.2) is 30.4 Å². The van der Waals surface area contributed by atoms with E-state index in [0.717, 1.165) is 5.69 Å². The Labute approximate surface area is 167 Å². The first-order valence-electron chi connectivity index (χ1n) is 8.12. The van der Waals surface area contributed by atoms with Crippen LogP contribution in [0, 0.1) is 17.1 Å². The monoisotopic (exact) mass is 412 g/mol. The molecule has 3 rings (SSSR count). The fraction of sp³-hybridized carbons (Fsp3) is 0.0526. The molecule has 0 spiro atoms. The summed E-state index contributed by atoms with van der Waals surface area (Å²) in [6.07, 6.45) is 8.58. The van der Waals surface area contributed by atoms with Crippen molar-refractivity contribution in [3.8, 4) is 18.0 Å². The van der Waals surface area contributed by atoms with Crippen LogP contribution >= 0.6 is 12.2 Å². The summed E-state index contributed by atoms with van der Waals surface area (Å²) in [5.74, 6) is 1.76. The third-order valence-corrected chi connectivity index (χ3v) is 5.52. The molecule has 0 radical (unpaired) electrons. The number of terminal acetylenes is 1. The van der Waals surface area contributed by atoms with Crippen molar-refractivity contribution in [3.63, 3.8) is 0 Å². The molecule has 28 heavy (non-hydrogen) atoms. The van der Waals surface area contributed by atoms with Gasteiger partial charge in [-0.05, 0) is 48.6 Å². The minimum atomic E-state index is -3.78. The van der Waals surface area contributed by atoms with E-state index in [0.29, 0.717) is 10.5 Å². The number of H-pyrrole nitrogens is 1. The van der Waals surface area contributed by atoms with Gasteiger partial charge in [0.05, 0.1) is 11.4 Å². The molecule has 0 aliphatic heterocycles. The number of carbonyl (C=O) groups is 1. The SMILES string of the molecule is C#CCNS(=O)(=O)c1cccc(C(=O)Nc2cccc(-n3cc[nH]c3=S)c2)c1. The Kier molecular flexibility index (Phi) is 5.75. The zero-order valence-electron chi connectivity index (χ0n) is 14.5. The van der Waals surface area contributed by atoms with Crippen molar-refractivity contribution in [2.75, 3.05) is 11.9 Å². The summed E-state index contributed by atoms with van der Waals surface area (Å²) in [6, 6.07) is 12.8. The van der Waals surface area contributed by atoms with Crippen LogP contribution < -0.4 is 10.0 Å². The van der Waals surface area contributed by atoms with Gasteiger partial charge < -0.3 is 10.3 Å². The van der Waals surface area contributed by atoms with Crippen LogP contribution in [0.15, 0.2) is 65.8 Å². The molecule has 7 nitrogen and oxygen atoms in total. The lowest BCUT2D eigenvalue weighted by Crippen LogP contribution is -2.24. The van der Waals surface area contributed by atoms with Crippen LogP contribution in [0.1, 0.15) is 10.4 Å². The number of nitrogens with zero attached hydrogens (tertiary/aromatic N) is 1. The first kappa shape index (κ1) is 19.6. The van der Waals surface area contributed by atoms with Gasteiger partial charge in [-0.2, -0.15) is 4.72 Å². The molecule has 0 unspecified atom stereocenters. The summed E-state index contributed by atoms with van der Waals surface area (Å²) in [4.78, 5) is 15.4. The molecule has 0 fully saturated rings. The highest BCUT2D eigenvalue weighted by Gasteiger charge is 2.15. The standard InChI is InChI=1S/C19H16N4O3S2/c1-2-9-21-28(25,26)17-8-3-5-14(12-17)18(24)22-15-6-4-7-16(13-15)23-11-10-20-19(23)27/h1,3-8,10-13,21H,9H2,(H,20,27)(H,22,24). The highest BCUT2D eigenvalue weighted by atomic mass is 32.2. The highest BCUT2D eigenvalue weighted by Crippen LogP contribution is 2.17. The second kappa shape index (κ2) is 8.22. The molecule has 0 saturated carbocycles. The van der Waals surface area contributed by atoms with Crippen LogP contribution in [0.5, 0.6) is 0 Å². The fourth-order valence-corrected chi connectivity index (χ4v) is 3.70. The molecule has 1 aromatic heterocycles. The van der Waals surface area contributed by atoms with Crippen molar-refractivity contribution in [1.82, 2.24) is 14.3 Å². The minimum absolute atomic E-state index is 0.0391. The Morgan fingerprint density at radius 2 is 2.00 bits per heavy atom. The van der Waals surface area contributed by atoms with Crippen molar-refractivity contribution in [2.24, 2.45) is 0 Å². The van der Waals surface area contributed by atoms with Crippen LogP contribution in [0.25, 0.3) is 5.69 Å². The van der Waals surface area contributed by atoms with Crippen LogP contribution in [0.4, 0.5) is 5.69 Å². The lowest BCUT2D eigenvalue weighted by Gasteiger charge is -2.09. The van der Waals surface area contributed by atoms with Gasteiger partial charge in [-0.25, -0.2) is 8.42 Å². The van der Waals surface area contributed by atoms with Crippen LogP contribution in [-0.2, 0) is 10.0 Å². The van der Waals surface area contributed by atoms with Gasteiger partial charge in [-0.15, -0.1) is 6.42 Å². The summed E-state index contributed by atoms with van der Waals surface area (Å²) >= 11 is 5.20. The number of benzene rings is 2. The number of sulfonamides is 1. The number of anilines is 1. The molecule has 0 saturated heterocycles. The summed E-state index contributed by atoms with van der Waals surface area (Å²) in [6.45, 7) is -0.132. The number of hydrogen-bond acceptors (Lipinski definition) is 4. The second-order valence-corrected chi connectivity index (χ2v) is 7.85. The largest absolute Gasteiger partial charge is 0.337 e. The number of aromatic amines is 1. The molecular formula is C19H16N4O3S2. The molecule has 3 aromatic rings. The molecule has 3 N–H and O–H groups in total. The van der Waals surface area contributed by atoms with Gasteiger partial charge in [0.2, 0.25) is 10.0 Å². The number of nitrogens with one attached hydrogen (secondary N) is 3. The average Bonchev–Trinajstić information content (AvgIpc) is 3.12. The van der Waals surface area contributed by atoms with E-state index in [1.807, 2.05) is 6.07 Å². The molecule has 0 aliphatic rings. The smallest absolute Gasteiger partial charge is 0.255 e. The zero-order chi connectivity index (χ0) is 20.1. The lowest BCUT2D eigenvalue weighted by molar-refractivity contribution is 0.102. The summed E-state index contributed by atoms with van der Waals surface area (Å²) < 4.78 is 28.9. The van der Waals surface area contributed by atoms with Gasteiger partial charge in [0.1, 0.15) is 0 Å². The van der Waals surface area contributed by atoms with Crippen molar-refractivity contribution in [1.29, 1.82) is 0 Å². The highest BCUT2D eigenvalue weighted by molar-refractivity contribution is 7.89. The molecule has 2 aromatic carbocycles. The Morgan fingerprint density at radius 1 is 1.21 bits per heavy atom. The lowest BCUT2D eigenvalue weighted by atomic mass is 10.2. The van der Waals surface area contributed by atoms with E-state index in [-0.39, 0.29) is 17.0 Å². The number of amides is 1. The molecule has 1 amide bonds. The van der Waals surface area contributed by atoms with Gasteiger partial charge in [0.25, 0.3) is 5.91 Å². The second-order valence-electron chi connectivity index (χ2n) is 5.70. The van der Waals surface area contributed by atoms with Crippen molar-refractivity contribution in [2.45, 2.75) is 4.90 Å². The third-order valence-electron chi connectivity index (χ3n) is 3.80. The van der Waals surface area contributed by atoms with E-state index in [9.17, 15) is 13.2 Å². The van der Waals surface area contributed by atoms with Gasteiger partial charge in [-0.1, -0.05) is 18.1 Å². The molecular weight excluding hydrogens is 396 g/mol. The van der Waals surface area contributed by atoms with E-state index in [2.05, 4.69) is 20.9 Å². The van der Waals surface area contributed by atoms with E-state index < -0.39 is 15.9 Å². The van der Waals surface area contributed by atoms with Crippen LogP contribution in [0.3, 0.4) is 0 Å². The normalized spacial score (nSPS) is 11.0. The first-order valence-corrected chi connectivity index (χ1v) is 10.0. The quantitative estimate of drug-likeness (QED) is 0.428. The van der Waals surface area contributed by atoms with Crippen LogP contribution in [0.2, 0.25) is 0 Å². The minimum Gasteiger partial charge on any atom is -0.337 e. The maximum atomic E-state index is 12.6. The van der Waals surface area contributed by atoms with Gasteiger partial charge >= 0.3 is 0 Å². The molecule has 0 atom stereocenters. The maximum absolute atomic E-state index is 12.6. The van der Waals surface area contributed by atoms with E-state index in [1.54, 1.807) is 35.2 Å². The Hall–Kier alpha value is -3.19. The zero-order valence-corrected chi connectivity index (χ0v) is 16.2. The first-order chi connectivity index (χ1) is 13.4. The molecule has 142 valence electrons. The summed E-state index contributed by atoms with van der Waals surface area (Å²) in [5.41, 5.74) is 1.52. The van der Waals surface area contributed by atoms with Gasteiger partial charge in [0.15, 0.2) is 4.77 Å². The van der Waals surface area contributed by atoms with Crippen molar-refractivity contribution < 1.29 is 13.2 Å². The van der Waals surface area contributed by atoms with E-state index >= 15 is 0 Å². The summed E-state index contributed by atoms with van der Waals surface area (Å²) in [5, 5.41) is 2.76. The van der Waals surface area contributed by atoms with E-state index in [4.69, 9.17) is 18.6 Å². The van der Waals surface area contributed by atoms with E-state index in [1.165, 1.54) is 24.3 Å². The average molecular weight is 412 g/mol. The Bertz CT molecular complexity index is 1220. The number of hydrogen-bond donors (Lipinski definition) is 3. The van der Waals surface area contributed by atoms with Gasteiger partial charge in [0, 0.05) is 29.3 Å². The number of imidazole rings is 1. The molecule has 9 heteroatoms. The third kappa shape index (κ3) is 4.37. The van der Waals surface area contributed by atoms with Gasteiger partial charge in [-0.3, -0.25) is 9.36 Å². The molecule has 0 bridgehead atoms. The topological polar surface area (TPSA) is 96.0 Å². The van der Waals surface area contributed by atoms with Crippen molar-refractivity contribution in [3.05, 3.63) is 71.3 Å². The number of rotatable bonds is 6. The molecule has 0 aliphatic carbocycles. The number of carbonyl (C=O) groups excluding carboxylic acids is 1. The number of aromatic nitrogens is 2.